The molecule has 0 atom stereocenters. The number of thiophene rings is 1. The van der Waals surface area contributed by atoms with E-state index in [2.05, 4.69) is 0 Å². The zero-order chi connectivity index (χ0) is 16.9. The summed E-state index contributed by atoms with van der Waals surface area (Å²) in [5, 5.41) is 0. The smallest absolute Gasteiger partial charge is 0.338 e. The highest BCUT2D eigenvalue weighted by atomic mass is 32.1. The SMILES string of the molecule is CCc1ccc(C(=O)COC(=O)c2cccc(-n3cccc3)c2)s1. The predicted molar refractivity (Wildman–Crippen MR) is 94.1 cm³/mol. The Bertz CT molecular complexity index is 849. The van der Waals surface area contributed by atoms with E-state index in [1.807, 2.05) is 48.1 Å². The zero-order valence-corrected chi connectivity index (χ0v) is 14.1. The Morgan fingerprint density at radius 2 is 1.88 bits per heavy atom. The number of hydrogen-bond donors (Lipinski definition) is 0. The minimum absolute atomic E-state index is 0.172. The highest BCUT2D eigenvalue weighted by molar-refractivity contribution is 7.14. The molecule has 0 radical (unpaired) electrons. The summed E-state index contributed by atoms with van der Waals surface area (Å²) in [6, 6.07) is 14.7. The summed E-state index contributed by atoms with van der Waals surface area (Å²) in [7, 11) is 0. The van der Waals surface area contributed by atoms with Gasteiger partial charge in [-0.1, -0.05) is 13.0 Å². The number of ether oxygens (including phenoxy) is 1. The van der Waals surface area contributed by atoms with E-state index in [9.17, 15) is 9.59 Å². The van der Waals surface area contributed by atoms with Gasteiger partial charge >= 0.3 is 5.97 Å². The van der Waals surface area contributed by atoms with E-state index in [1.54, 1.807) is 24.3 Å². The van der Waals surface area contributed by atoms with E-state index in [1.165, 1.54) is 11.3 Å². The minimum atomic E-state index is -0.496. The summed E-state index contributed by atoms with van der Waals surface area (Å²) >= 11 is 1.44. The highest BCUT2D eigenvalue weighted by Gasteiger charge is 2.14. The molecular weight excluding hydrogens is 322 g/mol. The maximum absolute atomic E-state index is 12.2. The molecule has 3 rings (SSSR count). The van der Waals surface area contributed by atoms with E-state index < -0.39 is 5.97 Å². The van der Waals surface area contributed by atoms with Crippen LogP contribution in [0, 0.1) is 0 Å². The average Bonchev–Trinajstić information content (AvgIpc) is 3.30. The molecule has 5 heteroatoms. The highest BCUT2D eigenvalue weighted by Crippen LogP contribution is 2.18. The number of carbonyl (C=O) groups is 2. The van der Waals surface area contributed by atoms with Crippen molar-refractivity contribution >= 4 is 23.1 Å². The van der Waals surface area contributed by atoms with Gasteiger partial charge in [-0.15, -0.1) is 11.3 Å². The van der Waals surface area contributed by atoms with Crippen molar-refractivity contribution in [3.63, 3.8) is 0 Å². The van der Waals surface area contributed by atoms with Crippen LogP contribution in [0.5, 0.6) is 0 Å². The van der Waals surface area contributed by atoms with E-state index in [0.717, 1.165) is 17.0 Å². The van der Waals surface area contributed by atoms with Gasteiger partial charge in [-0.25, -0.2) is 4.79 Å². The van der Waals surface area contributed by atoms with E-state index >= 15 is 0 Å². The molecule has 0 N–H and O–H groups in total. The van der Waals surface area contributed by atoms with E-state index in [4.69, 9.17) is 4.74 Å². The number of esters is 1. The van der Waals surface area contributed by atoms with Crippen LogP contribution in [0.4, 0.5) is 0 Å². The van der Waals surface area contributed by atoms with Crippen molar-refractivity contribution in [2.24, 2.45) is 0 Å². The number of benzene rings is 1. The normalized spacial score (nSPS) is 10.5. The van der Waals surface area contributed by atoms with Crippen molar-refractivity contribution in [2.75, 3.05) is 6.61 Å². The van der Waals surface area contributed by atoms with Crippen LogP contribution in [0.15, 0.2) is 60.9 Å². The standard InChI is InChI=1S/C19H17NO3S/c1-2-16-8-9-18(24-16)17(21)13-23-19(22)14-6-5-7-15(12-14)20-10-3-4-11-20/h3-12H,2,13H2,1H3. The lowest BCUT2D eigenvalue weighted by Gasteiger charge is -2.06. The summed E-state index contributed by atoms with van der Waals surface area (Å²) < 4.78 is 7.07. The van der Waals surface area contributed by atoms with Crippen LogP contribution in [0.3, 0.4) is 0 Å². The molecule has 0 fully saturated rings. The topological polar surface area (TPSA) is 48.3 Å². The first kappa shape index (κ1) is 16.2. The van der Waals surface area contributed by atoms with Crippen LogP contribution in [-0.4, -0.2) is 22.9 Å². The number of nitrogens with zero attached hydrogens (tertiary/aromatic N) is 1. The van der Waals surface area contributed by atoms with E-state index in [0.29, 0.717) is 10.4 Å². The Kier molecular flexibility index (Phi) is 4.91. The van der Waals surface area contributed by atoms with Crippen molar-refractivity contribution in [1.29, 1.82) is 0 Å². The summed E-state index contributed by atoms with van der Waals surface area (Å²) in [5.41, 5.74) is 1.29. The fourth-order valence-electron chi connectivity index (χ4n) is 2.30. The second kappa shape index (κ2) is 7.27. The summed E-state index contributed by atoms with van der Waals surface area (Å²) in [5.74, 6) is -0.667. The third-order valence-electron chi connectivity index (χ3n) is 3.60. The van der Waals surface area contributed by atoms with Gasteiger partial charge in [0.15, 0.2) is 6.61 Å². The van der Waals surface area contributed by atoms with Crippen molar-refractivity contribution in [3.8, 4) is 5.69 Å². The maximum Gasteiger partial charge on any atom is 0.338 e. The lowest BCUT2D eigenvalue weighted by molar-refractivity contribution is 0.0476. The Morgan fingerprint density at radius 3 is 2.58 bits per heavy atom. The monoisotopic (exact) mass is 339 g/mol. The molecule has 0 aliphatic rings. The summed E-state index contributed by atoms with van der Waals surface area (Å²) in [4.78, 5) is 26.0. The molecule has 0 spiro atoms. The van der Waals surface area contributed by atoms with E-state index in [-0.39, 0.29) is 12.4 Å². The molecule has 3 aromatic rings. The van der Waals surface area contributed by atoms with Crippen LogP contribution in [0.1, 0.15) is 31.8 Å². The number of aryl methyl sites for hydroxylation is 1. The van der Waals surface area contributed by atoms with Crippen molar-refractivity contribution in [2.45, 2.75) is 13.3 Å². The van der Waals surface area contributed by atoms with Gasteiger partial charge in [0, 0.05) is 23.0 Å². The number of Topliss-reactive ketones (excluding diaryl/α,β-unsaturated/α-hetero) is 1. The number of rotatable bonds is 6. The lowest BCUT2D eigenvalue weighted by Crippen LogP contribution is -2.13. The molecule has 0 aliphatic carbocycles. The van der Waals surface area contributed by atoms with Crippen molar-refractivity contribution in [1.82, 2.24) is 4.57 Å². The molecule has 1 aromatic carbocycles. The molecule has 0 aliphatic heterocycles. The molecule has 2 aromatic heterocycles. The Labute approximate surface area is 144 Å². The second-order valence-corrected chi connectivity index (χ2v) is 6.43. The summed E-state index contributed by atoms with van der Waals surface area (Å²) in [6.45, 7) is 1.80. The molecule has 2 heterocycles. The first-order chi connectivity index (χ1) is 11.7. The Hall–Kier alpha value is -2.66. The molecule has 0 unspecified atom stereocenters. The molecule has 122 valence electrons. The van der Waals surface area contributed by atoms with Gasteiger partial charge in [-0.2, -0.15) is 0 Å². The Morgan fingerprint density at radius 1 is 1.08 bits per heavy atom. The summed E-state index contributed by atoms with van der Waals surface area (Å²) in [6.07, 6.45) is 4.69. The van der Waals surface area contributed by atoms with Crippen LogP contribution < -0.4 is 0 Å². The van der Waals surface area contributed by atoms with Gasteiger partial charge in [0.1, 0.15) is 0 Å². The largest absolute Gasteiger partial charge is 0.454 e. The van der Waals surface area contributed by atoms with Crippen molar-refractivity contribution < 1.29 is 14.3 Å². The van der Waals surface area contributed by atoms with Gasteiger partial charge in [-0.05, 0) is 48.9 Å². The molecular formula is C19H17NO3S. The number of aromatic nitrogens is 1. The molecule has 0 bridgehead atoms. The average molecular weight is 339 g/mol. The van der Waals surface area contributed by atoms with Gasteiger partial charge < -0.3 is 9.30 Å². The molecule has 0 saturated heterocycles. The predicted octanol–water partition coefficient (Wildman–Crippen LogP) is 4.14. The fourth-order valence-corrected chi connectivity index (χ4v) is 3.18. The van der Waals surface area contributed by atoms with Crippen LogP contribution in [0.25, 0.3) is 5.69 Å². The molecule has 0 amide bonds. The molecule has 0 saturated carbocycles. The van der Waals surface area contributed by atoms with Crippen LogP contribution in [0.2, 0.25) is 0 Å². The van der Waals surface area contributed by atoms with Gasteiger partial charge in [0.2, 0.25) is 5.78 Å². The third-order valence-corrected chi connectivity index (χ3v) is 4.87. The van der Waals surface area contributed by atoms with Crippen LogP contribution in [-0.2, 0) is 11.2 Å². The lowest BCUT2D eigenvalue weighted by atomic mass is 10.2. The number of ketones is 1. The number of carbonyl (C=O) groups excluding carboxylic acids is 2. The molecule has 4 nitrogen and oxygen atoms in total. The fraction of sp³-hybridized carbons (Fsp3) is 0.158. The minimum Gasteiger partial charge on any atom is -0.454 e. The van der Waals surface area contributed by atoms with Gasteiger partial charge in [0.25, 0.3) is 0 Å². The first-order valence-electron chi connectivity index (χ1n) is 7.70. The Balaban J connectivity index is 1.65. The molecule has 24 heavy (non-hydrogen) atoms. The maximum atomic E-state index is 12.2. The second-order valence-electron chi connectivity index (χ2n) is 5.26. The number of hydrogen-bond acceptors (Lipinski definition) is 4. The van der Waals surface area contributed by atoms with Gasteiger partial charge in [-0.3, -0.25) is 4.79 Å². The van der Waals surface area contributed by atoms with Gasteiger partial charge in [0.05, 0.1) is 10.4 Å². The van der Waals surface area contributed by atoms with Crippen molar-refractivity contribution in [3.05, 3.63) is 76.2 Å². The first-order valence-corrected chi connectivity index (χ1v) is 8.51. The zero-order valence-electron chi connectivity index (χ0n) is 13.3. The third kappa shape index (κ3) is 3.63. The van der Waals surface area contributed by atoms with Crippen LogP contribution >= 0.6 is 11.3 Å². The quantitative estimate of drug-likeness (QED) is 0.501.